The molecule has 0 amide bonds. The first kappa shape index (κ1) is 11.5. The second-order valence-corrected chi connectivity index (χ2v) is 5.70. The van der Waals surface area contributed by atoms with Gasteiger partial charge in [0.1, 0.15) is 0 Å². The molecular formula is C15H22O. The van der Waals surface area contributed by atoms with Gasteiger partial charge < -0.3 is 4.42 Å². The smallest absolute Gasteiger partial charge is 0.0934 e. The largest absolute Gasteiger partial charge is 0.472 e. The highest BCUT2D eigenvalue weighted by molar-refractivity contribution is 5.14. The summed E-state index contributed by atoms with van der Waals surface area (Å²) < 4.78 is 5.12. The molecule has 1 heterocycles. The zero-order valence-corrected chi connectivity index (χ0v) is 10.6. The summed E-state index contributed by atoms with van der Waals surface area (Å²) in [6.45, 7) is 7.11. The quantitative estimate of drug-likeness (QED) is 0.676. The van der Waals surface area contributed by atoms with E-state index in [0.717, 1.165) is 12.3 Å². The van der Waals surface area contributed by atoms with E-state index in [4.69, 9.17) is 4.42 Å². The fourth-order valence-electron chi connectivity index (χ4n) is 2.97. The first-order valence-corrected chi connectivity index (χ1v) is 6.27. The second-order valence-electron chi connectivity index (χ2n) is 5.70. The Bertz CT molecular complexity index is 357. The lowest BCUT2D eigenvalue weighted by atomic mass is 9.67. The van der Waals surface area contributed by atoms with Crippen molar-refractivity contribution in [3.8, 4) is 0 Å². The molecule has 1 aliphatic rings. The molecule has 0 saturated carbocycles. The Morgan fingerprint density at radius 3 is 2.88 bits per heavy atom. The minimum atomic E-state index is 0.461. The summed E-state index contributed by atoms with van der Waals surface area (Å²) in [5, 5.41) is 0. The van der Waals surface area contributed by atoms with Crippen LogP contribution in [0.25, 0.3) is 0 Å². The van der Waals surface area contributed by atoms with Crippen LogP contribution in [0.1, 0.15) is 45.6 Å². The van der Waals surface area contributed by atoms with Crippen molar-refractivity contribution in [2.24, 2.45) is 11.3 Å². The number of hydrogen-bond donors (Lipinski definition) is 0. The summed E-state index contributed by atoms with van der Waals surface area (Å²) in [5.74, 6) is 0.733. The normalized spacial score (nSPS) is 24.2. The molecule has 0 aliphatic heterocycles. The van der Waals surface area contributed by atoms with Crippen molar-refractivity contribution < 1.29 is 4.42 Å². The third-order valence-electron chi connectivity index (χ3n) is 4.05. The maximum absolute atomic E-state index is 5.12. The van der Waals surface area contributed by atoms with E-state index < -0.39 is 0 Å². The van der Waals surface area contributed by atoms with Gasteiger partial charge in [-0.05, 0) is 55.6 Å². The molecule has 1 aromatic rings. The second kappa shape index (κ2) is 4.48. The monoisotopic (exact) mass is 218 g/mol. The van der Waals surface area contributed by atoms with Gasteiger partial charge in [-0.3, -0.25) is 0 Å². The number of aryl methyl sites for hydroxylation is 1. The molecule has 1 atom stereocenters. The third kappa shape index (κ3) is 2.40. The lowest BCUT2D eigenvalue weighted by Crippen LogP contribution is -2.28. The van der Waals surface area contributed by atoms with Crippen LogP contribution in [-0.4, -0.2) is 0 Å². The molecule has 88 valence electrons. The highest BCUT2D eigenvalue weighted by Crippen LogP contribution is 2.43. The number of rotatable bonds is 3. The molecule has 1 nitrogen and oxygen atoms in total. The van der Waals surface area contributed by atoms with Gasteiger partial charge in [-0.25, -0.2) is 0 Å². The van der Waals surface area contributed by atoms with E-state index in [2.05, 4.69) is 32.9 Å². The van der Waals surface area contributed by atoms with E-state index in [0.29, 0.717) is 5.41 Å². The van der Waals surface area contributed by atoms with Crippen molar-refractivity contribution in [1.82, 2.24) is 0 Å². The predicted molar refractivity (Wildman–Crippen MR) is 67.3 cm³/mol. The molecule has 0 bridgehead atoms. The summed E-state index contributed by atoms with van der Waals surface area (Å²) in [4.78, 5) is 0. The van der Waals surface area contributed by atoms with E-state index in [1.54, 1.807) is 11.8 Å². The van der Waals surface area contributed by atoms with Crippen molar-refractivity contribution in [2.75, 3.05) is 0 Å². The molecule has 16 heavy (non-hydrogen) atoms. The molecule has 0 aromatic carbocycles. The summed E-state index contributed by atoms with van der Waals surface area (Å²) in [6.07, 6.45) is 11.0. The van der Waals surface area contributed by atoms with E-state index in [-0.39, 0.29) is 0 Å². The molecule has 0 N–H and O–H groups in total. The zero-order valence-electron chi connectivity index (χ0n) is 10.6. The van der Waals surface area contributed by atoms with Crippen LogP contribution in [0.2, 0.25) is 0 Å². The summed E-state index contributed by atoms with van der Waals surface area (Å²) in [5.41, 5.74) is 3.37. The van der Waals surface area contributed by atoms with Crippen molar-refractivity contribution in [3.05, 3.63) is 35.8 Å². The molecule has 0 spiro atoms. The fraction of sp³-hybridized carbons (Fsp3) is 0.600. The molecule has 1 aliphatic carbocycles. The van der Waals surface area contributed by atoms with Gasteiger partial charge in [0.05, 0.1) is 12.5 Å². The summed E-state index contributed by atoms with van der Waals surface area (Å²) >= 11 is 0. The highest BCUT2D eigenvalue weighted by atomic mass is 16.3. The maximum Gasteiger partial charge on any atom is 0.0934 e. The first-order valence-electron chi connectivity index (χ1n) is 6.27. The molecule has 2 rings (SSSR count). The third-order valence-corrected chi connectivity index (χ3v) is 4.05. The molecule has 0 fully saturated rings. The summed E-state index contributed by atoms with van der Waals surface area (Å²) in [6, 6.07) is 2.08. The Labute approximate surface area is 98.5 Å². The van der Waals surface area contributed by atoms with Crippen molar-refractivity contribution in [1.29, 1.82) is 0 Å². The first-order chi connectivity index (χ1) is 7.59. The molecule has 0 radical (unpaired) electrons. The molecule has 0 saturated heterocycles. The van der Waals surface area contributed by atoms with E-state index >= 15 is 0 Å². The Morgan fingerprint density at radius 2 is 2.25 bits per heavy atom. The van der Waals surface area contributed by atoms with Gasteiger partial charge in [-0.2, -0.15) is 0 Å². The average molecular weight is 218 g/mol. The van der Waals surface area contributed by atoms with Gasteiger partial charge in [0, 0.05) is 0 Å². The highest BCUT2D eigenvalue weighted by Gasteiger charge is 2.32. The van der Waals surface area contributed by atoms with Crippen molar-refractivity contribution in [3.63, 3.8) is 0 Å². The van der Waals surface area contributed by atoms with Crippen LogP contribution in [0, 0.1) is 11.3 Å². The van der Waals surface area contributed by atoms with Gasteiger partial charge >= 0.3 is 0 Å². The average Bonchev–Trinajstić information content (AvgIpc) is 2.68. The topological polar surface area (TPSA) is 13.1 Å². The number of allylic oxidation sites excluding steroid dienone is 2. The maximum atomic E-state index is 5.12. The van der Waals surface area contributed by atoms with Crippen LogP contribution in [-0.2, 0) is 6.42 Å². The number of hydrogen-bond acceptors (Lipinski definition) is 1. The van der Waals surface area contributed by atoms with Crippen molar-refractivity contribution in [2.45, 2.75) is 46.5 Å². The van der Waals surface area contributed by atoms with Crippen LogP contribution < -0.4 is 0 Å². The molecule has 0 unspecified atom stereocenters. The van der Waals surface area contributed by atoms with Crippen molar-refractivity contribution >= 4 is 0 Å². The van der Waals surface area contributed by atoms with Crippen LogP contribution in [0.3, 0.4) is 0 Å². The van der Waals surface area contributed by atoms with E-state index in [1.807, 2.05) is 6.26 Å². The van der Waals surface area contributed by atoms with Gasteiger partial charge in [-0.1, -0.05) is 25.5 Å². The van der Waals surface area contributed by atoms with Crippen LogP contribution in [0.15, 0.2) is 34.7 Å². The molecule has 1 heteroatoms. The number of furan rings is 1. The van der Waals surface area contributed by atoms with Crippen LogP contribution in [0.5, 0.6) is 0 Å². The predicted octanol–water partition coefficient (Wildman–Crippen LogP) is 4.59. The summed E-state index contributed by atoms with van der Waals surface area (Å²) in [7, 11) is 0. The standard InChI is InChI=1S/C15H22O/c1-12-5-4-9-15(2,3)14(12)7-6-13-8-10-16-11-13/h5,8,10-11,14H,4,6-7,9H2,1-3H3/t14-/m1/s1. The Morgan fingerprint density at radius 1 is 1.44 bits per heavy atom. The van der Waals surface area contributed by atoms with Crippen LogP contribution in [0.4, 0.5) is 0 Å². The van der Waals surface area contributed by atoms with E-state index in [9.17, 15) is 0 Å². The van der Waals surface area contributed by atoms with Crippen LogP contribution >= 0.6 is 0 Å². The van der Waals surface area contributed by atoms with Gasteiger partial charge in [-0.15, -0.1) is 0 Å². The lowest BCUT2D eigenvalue weighted by molar-refractivity contribution is 0.204. The Kier molecular flexibility index (Phi) is 3.22. The van der Waals surface area contributed by atoms with E-state index in [1.165, 1.54) is 24.8 Å². The fourth-order valence-corrected chi connectivity index (χ4v) is 2.97. The minimum absolute atomic E-state index is 0.461. The Hall–Kier alpha value is -0.980. The molecule has 1 aromatic heterocycles. The SMILES string of the molecule is CC1=CCCC(C)(C)[C@@H]1CCc1ccoc1. The van der Waals surface area contributed by atoms with Gasteiger partial charge in [0.15, 0.2) is 0 Å². The van der Waals surface area contributed by atoms with Gasteiger partial charge in [0.2, 0.25) is 0 Å². The lowest BCUT2D eigenvalue weighted by Gasteiger charge is -2.38. The van der Waals surface area contributed by atoms with Gasteiger partial charge in [0.25, 0.3) is 0 Å². The molecular weight excluding hydrogens is 196 g/mol. The Balaban J connectivity index is 2.01. The minimum Gasteiger partial charge on any atom is -0.472 e. The zero-order chi connectivity index (χ0) is 11.6.